The van der Waals surface area contributed by atoms with E-state index >= 15 is 0 Å². The number of thiophene rings is 1. The van der Waals surface area contributed by atoms with Crippen LogP contribution >= 0.6 is 22.7 Å². The van der Waals surface area contributed by atoms with Crippen molar-refractivity contribution in [3.05, 3.63) is 52.9 Å². The smallest absolute Gasteiger partial charge is 0.270 e. The van der Waals surface area contributed by atoms with Crippen molar-refractivity contribution in [1.82, 2.24) is 10.3 Å². The van der Waals surface area contributed by atoms with Gasteiger partial charge in [0.15, 0.2) is 0 Å². The van der Waals surface area contributed by atoms with Gasteiger partial charge in [0.1, 0.15) is 10.7 Å². The molecule has 1 atom stereocenters. The highest BCUT2D eigenvalue weighted by Crippen LogP contribution is 2.28. The second kappa shape index (κ2) is 9.40. The van der Waals surface area contributed by atoms with E-state index in [0.29, 0.717) is 5.69 Å². The van der Waals surface area contributed by atoms with E-state index in [2.05, 4.69) is 26.6 Å². The number of carbonyl (C=O) groups excluding carboxylic acids is 2. The van der Waals surface area contributed by atoms with Crippen molar-refractivity contribution in [3.63, 3.8) is 0 Å². The lowest BCUT2D eigenvalue weighted by Gasteiger charge is -2.19. The van der Waals surface area contributed by atoms with Crippen molar-refractivity contribution in [2.75, 3.05) is 23.3 Å². The molecule has 1 fully saturated rings. The van der Waals surface area contributed by atoms with Gasteiger partial charge < -0.3 is 15.5 Å². The number of thiazole rings is 1. The number of carbonyl (C=O) groups is 2. The molecule has 1 unspecified atom stereocenters. The van der Waals surface area contributed by atoms with Crippen LogP contribution in [0.2, 0.25) is 0 Å². The van der Waals surface area contributed by atoms with E-state index in [4.69, 9.17) is 0 Å². The molecule has 1 aliphatic heterocycles. The highest BCUT2D eigenvalue weighted by Gasteiger charge is 2.17. The van der Waals surface area contributed by atoms with E-state index in [1.54, 1.807) is 16.7 Å². The number of hydrogen-bond acceptors (Lipinski definition) is 6. The summed E-state index contributed by atoms with van der Waals surface area (Å²) in [6, 6.07) is 11.6. The van der Waals surface area contributed by atoms with Gasteiger partial charge >= 0.3 is 0 Å². The van der Waals surface area contributed by atoms with Crippen LogP contribution in [0, 0.1) is 0 Å². The van der Waals surface area contributed by atoms with Crippen molar-refractivity contribution in [1.29, 1.82) is 0 Å². The zero-order chi connectivity index (χ0) is 20.9. The third-order valence-corrected chi connectivity index (χ3v) is 6.82. The lowest BCUT2D eigenvalue weighted by molar-refractivity contribution is -0.116. The summed E-state index contributed by atoms with van der Waals surface area (Å²) in [5.74, 6) is -0.385. The van der Waals surface area contributed by atoms with Crippen molar-refractivity contribution >= 4 is 45.9 Å². The molecule has 0 spiro atoms. The van der Waals surface area contributed by atoms with E-state index < -0.39 is 0 Å². The summed E-state index contributed by atoms with van der Waals surface area (Å²) in [7, 11) is 0. The molecule has 4 rings (SSSR count). The molecule has 0 aliphatic carbocycles. The Morgan fingerprint density at radius 1 is 1.17 bits per heavy atom. The fourth-order valence-electron chi connectivity index (χ4n) is 3.49. The Labute approximate surface area is 184 Å². The molecule has 1 aliphatic rings. The first kappa shape index (κ1) is 20.6. The van der Waals surface area contributed by atoms with E-state index in [1.807, 2.05) is 42.6 Å². The molecule has 0 radical (unpaired) electrons. The number of hydrogen-bond donors (Lipinski definition) is 2. The molecular weight excluding hydrogens is 416 g/mol. The highest BCUT2D eigenvalue weighted by molar-refractivity contribution is 7.20. The van der Waals surface area contributed by atoms with Gasteiger partial charge in [-0.15, -0.1) is 22.7 Å². The van der Waals surface area contributed by atoms with Crippen LogP contribution in [-0.4, -0.2) is 35.9 Å². The first-order valence-corrected chi connectivity index (χ1v) is 11.8. The van der Waals surface area contributed by atoms with Gasteiger partial charge in [-0.2, -0.15) is 0 Å². The number of rotatable bonds is 7. The standard InChI is InChI=1S/C22H24N4O2S2/c1-15(23-21(28)18-14-30-22(25-18)19-8-5-11-29-19)12-20(27)24-16-6-4-7-17(13-16)26-9-2-3-10-26/h4-8,11,13-15H,2-3,9-10,12H2,1H3,(H,23,28)(H,24,27). The quantitative estimate of drug-likeness (QED) is 0.562. The van der Waals surface area contributed by atoms with Crippen molar-refractivity contribution in [2.24, 2.45) is 0 Å². The van der Waals surface area contributed by atoms with E-state index in [1.165, 1.54) is 24.2 Å². The average molecular weight is 441 g/mol. The number of anilines is 2. The Kier molecular flexibility index (Phi) is 6.44. The zero-order valence-electron chi connectivity index (χ0n) is 16.8. The summed E-state index contributed by atoms with van der Waals surface area (Å²) in [6.07, 6.45) is 2.62. The third-order valence-electron chi connectivity index (χ3n) is 4.94. The maximum Gasteiger partial charge on any atom is 0.270 e. The Hall–Kier alpha value is -2.71. The van der Waals surface area contributed by atoms with Gasteiger partial charge in [0.2, 0.25) is 5.91 Å². The summed E-state index contributed by atoms with van der Waals surface area (Å²) in [5, 5.41) is 10.4. The molecule has 3 aromatic rings. The van der Waals surface area contributed by atoms with Crippen LogP contribution < -0.4 is 15.5 Å². The van der Waals surface area contributed by atoms with Crippen LogP contribution in [-0.2, 0) is 4.79 Å². The summed E-state index contributed by atoms with van der Waals surface area (Å²) in [5.41, 5.74) is 2.30. The molecule has 2 N–H and O–H groups in total. The number of benzene rings is 1. The Bertz CT molecular complexity index is 1010. The number of aromatic nitrogens is 1. The third kappa shape index (κ3) is 5.06. The summed E-state index contributed by atoms with van der Waals surface area (Å²) < 4.78 is 0. The van der Waals surface area contributed by atoms with Crippen molar-refractivity contribution in [3.8, 4) is 9.88 Å². The molecule has 30 heavy (non-hydrogen) atoms. The van der Waals surface area contributed by atoms with Crippen LogP contribution in [0.25, 0.3) is 9.88 Å². The number of amides is 2. The Balaban J connectivity index is 1.29. The van der Waals surface area contributed by atoms with Crippen LogP contribution in [0.4, 0.5) is 11.4 Å². The minimum absolute atomic E-state index is 0.126. The van der Waals surface area contributed by atoms with Gasteiger partial charge in [-0.3, -0.25) is 9.59 Å². The molecule has 6 nitrogen and oxygen atoms in total. The van der Waals surface area contributed by atoms with Gasteiger partial charge in [0.25, 0.3) is 5.91 Å². The average Bonchev–Trinajstić information content (AvgIpc) is 3.50. The van der Waals surface area contributed by atoms with Crippen LogP contribution in [0.15, 0.2) is 47.2 Å². The first-order valence-electron chi connectivity index (χ1n) is 10.0. The van der Waals surface area contributed by atoms with Crippen LogP contribution in [0.5, 0.6) is 0 Å². The number of nitrogens with one attached hydrogen (secondary N) is 2. The summed E-state index contributed by atoms with van der Waals surface area (Å²) >= 11 is 3.04. The minimum Gasteiger partial charge on any atom is -0.371 e. The predicted molar refractivity (Wildman–Crippen MR) is 123 cm³/mol. The maximum absolute atomic E-state index is 12.5. The molecule has 3 heterocycles. The molecule has 2 amide bonds. The normalized spacial score (nSPS) is 14.5. The topological polar surface area (TPSA) is 74.3 Å². The Morgan fingerprint density at radius 2 is 2.00 bits per heavy atom. The lowest BCUT2D eigenvalue weighted by atomic mass is 10.2. The first-order chi connectivity index (χ1) is 14.6. The van der Waals surface area contributed by atoms with Gasteiger partial charge in [-0.25, -0.2) is 4.98 Å². The molecule has 1 saturated heterocycles. The fraction of sp³-hybridized carbons (Fsp3) is 0.318. The predicted octanol–water partition coefficient (Wildman–Crippen LogP) is 4.62. The Morgan fingerprint density at radius 3 is 2.77 bits per heavy atom. The molecule has 156 valence electrons. The van der Waals surface area contributed by atoms with E-state index in [-0.39, 0.29) is 24.3 Å². The number of nitrogens with zero attached hydrogens (tertiary/aromatic N) is 2. The molecule has 8 heteroatoms. The highest BCUT2D eigenvalue weighted by atomic mass is 32.1. The van der Waals surface area contributed by atoms with Crippen LogP contribution in [0.3, 0.4) is 0 Å². The van der Waals surface area contributed by atoms with Gasteiger partial charge in [0.05, 0.1) is 4.88 Å². The second-order valence-corrected chi connectivity index (χ2v) is 9.19. The lowest BCUT2D eigenvalue weighted by Crippen LogP contribution is -2.35. The largest absolute Gasteiger partial charge is 0.371 e. The fourth-order valence-corrected chi connectivity index (χ4v) is 5.10. The van der Waals surface area contributed by atoms with Crippen LogP contribution in [0.1, 0.15) is 36.7 Å². The molecule has 0 saturated carbocycles. The summed E-state index contributed by atoms with van der Waals surface area (Å²) in [4.78, 5) is 32.7. The summed E-state index contributed by atoms with van der Waals surface area (Å²) in [6.45, 7) is 3.95. The van der Waals surface area contributed by atoms with E-state index in [0.717, 1.165) is 34.3 Å². The van der Waals surface area contributed by atoms with Gasteiger partial charge in [0, 0.05) is 42.3 Å². The second-order valence-electron chi connectivity index (χ2n) is 7.39. The minimum atomic E-state index is -0.300. The maximum atomic E-state index is 12.5. The van der Waals surface area contributed by atoms with Crippen molar-refractivity contribution in [2.45, 2.75) is 32.2 Å². The SMILES string of the molecule is CC(CC(=O)Nc1cccc(N2CCCC2)c1)NC(=O)c1csc(-c2cccs2)n1. The van der Waals surface area contributed by atoms with E-state index in [9.17, 15) is 9.59 Å². The monoisotopic (exact) mass is 440 g/mol. The molecule has 2 aromatic heterocycles. The molecule has 0 bridgehead atoms. The molecular formula is C22H24N4O2S2. The molecule has 1 aromatic carbocycles. The van der Waals surface area contributed by atoms with Gasteiger partial charge in [-0.1, -0.05) is 12.1 Å². The van der Waals surface area contributed by atoms with Crippen molar-refractivity contribution < 1.29 is 9.59 Å². The van der Waals surface area contributed by atoms with Gasteiger partial charge in [-0.05, 0) is 49.4 Å². The zero-order valence-corrected chi connectivity index (χ0v) is 18.4.